The molecule has 0 atom stereocenters. The second kappa shape index (κ2) is 9.35. The molecular weight excluding hydrogens is 374 g/mol. The highest BCUT2D eigenvalue weighted by atomic mass is 16.6. The van der Waals surface area contributed by atoms with Gasteiger partial charge in [-0.05, 0) is 44.8 Å². The van der Waals surface area contributed by atoms with Gasteiger partial charge in [-0.3, -0.25) is 19.8 Å². The number of esters is 1. The number of benzene rings is 1. The molecule has 1 aliphatic heterocycles. The monoisotopic (exact) mass is 403 g/mol. The van der Waals surface area contributed by atoms with Gasteiger partial charge in [0.05, 0.1) is 17.6 Å². The predicted molar refractivity (Wildman–Crippen MR) is 108 cm³/mol. The van der Waals surface area contributed by atoms with Crippen LogP contribution in [0.15, 0.2) is 18.2 Å². The summed E-state index contributed by atoms with van der Waals surface area (Å²) in [6.45, 7) is 2.63. The SMILES string of the molecule is COC(=O)c1cc(C(=O)NCC2(N3CCCCC3)CCCCC2)cc([N+](=O)[O-])c1. The topological polar surface area (TPSA) is 102 Å². The first-order valence-electron chi connectivity index (χ1n) is 10.4. The number of nitrogens with zero attached hydrogens (tertiary/aromatic N) is 2. The zero-order chi connectivity index (χ0) is 20.9. The first kappa shape index (κ1) is 21.2. The summed E-state index contributed by atoms with van der Waals surface area (Å²) >= 11 is 0. The van der Waals surface area contributed by atoms with Crippen LogP contribution in [0.2, 0.25) is 0 Å². The summed E-state index contributed by atoms with van der Waals surface area (Å²) in [4.78, 5) is 37.8. The molecule has 3 rings (SSSR count). The van der Waals surface area contributed by atoms with Crippen molar-refractivity contribution >= 4 is 17.6 Å². The van der Waals surface area contributed by atoms with E-state index in [2.05, 4.69) is 15.0 Å². The van der Waals surface area contributed by atoms with Crippen molar-refractivity contribution in [2.45, 2.75) is 56.9 Å². The summed E-state index contributed by atoms with van der Waals surface area (Å²) in [5.41, 5.74) is -0.249. The molecule has 1 aliphatic carbocycles. The van der Waals surface area contributed by atoms with Crippen LogP contribution in [0.25, 0.3) is 0 Å². The Balaban J connectivity index is 1.78. The minimum atomic E-state index is -0.709. The Morgan fingerprint density at radius 3 is 2.31 bits per heavy atom. The van der Waals surface area contributed by atoms with Gasteiger partial charge in [0.1, 0.15) is 0 Å². The normalized spacial score (nSPS) is 19.3. The lowest BCUT2D eigenvalue weighted by atomic mass is 9.79. The van der Waals surface area contributed by atoms with Crippen molar-refractivity contribution in [1.29, 1.82) is 0 Å². The van der Waals surface area contributed by atoms with E-state index < -0.39 is 16.8 Å². The number of carbonyl (C=O) groups excluding carboxylic acids is 2. The molecule has 8 nitrogen and oxygen atoms in total. The molecule has 8 heteroatoms. The Kier molecular flexibility index (Phi) is 6.84. The van der Waals surface area contributed by atoms with E-state index in [4.69, 9.17) is 0 Å². The number of amides is 1. The van der Waals surface area contributed by atoms with Crippen molar-refractivity contribution in [1.82, 2.24) is 10.2 Å². The van der Waals surface area contributed by atoms with Crippen molar-refractivity contribution in [2.75, 3.05) is 26.7 Å². The van der Waals surface area contributed by atoms with E-state index >= 15 is 0 Å². The third kappa shape index (κ3) is 4.93. The number of likely N-dealkylation sites (tertiary alicyclic amines) is 1. The van der Waals surface area contributed by atoms with Gasteiger partial charge in [0, 0.05) is 29.8 Å². The van der Waals surface area contributed by atoms with Crippen LogP contribution in [0.3, 0.4) is 0 Å². The smallest absolute Gasteiger partial charge is 0.338 e. The van der Waals surface area contributed by atoms with Gasteiger partial charge >= 0.3 is 5.97 Å². The second-order valence-electron chi connectivity index (χ2n) is 8.03. The Bertz CT molecular complexity index is 768. The molecule has 1 saturated heterocycles. The van der Waals surface area contributed by atoms with Gasteiger partial charge in [-0.15, -0.1) is 0 Å². The van der Waals surface area contributed by atoms with Crippen molar-refractivity contribution in [2.24, 2.45) is 0 Å². The maximum absolute atomic E-state index is 12.8. The number of rotatable bonds is 6. The van der Waals surface area contributed by atoms with E-state index in [1.807, 2.05) is 0 Å². The van der Waals surface area contributed by atoms with Crippen LogP contribution in [0.1, 0.15) is 72.1 Å². The first-order valence-corrected chi connectivity index (χ1v) is 10.4. The highest BCUT2D eigenvalue weighted by molar-refractivity contribution is 5.99. The number of methoxy groups -OCH3 is 1. The van der Waals surface area contributed by atoms with Crippen LogP contribution in [0, 0.1) is 10.1 Å². The molecule has 0 unspecified atom stereocenters. The van der Waals surface area contributed by atoms with E-state index in [9.17, 15) is 19.7 Å². The number of ether oxygens (including phenoxy) is 1. The fourth-order valence-corrected chi connectivity index (χ4v) is 4.61. The van der Waals surface area contributed by atoms with Crippen LogP contribution >= 0.6 is 0 Å². The van der Waals surface area contributed by atoms with Crippen LogP contribution in [-0.2, 0) is 4.74 Å². The zero-order valence-corrected chi connectivity index (χ0v) is 16.9. The molecule has 0 bridgehead atoms. The van der Waals surface area contributed by atoms with E-state index in [0.29, 0.717) is 6.54 Å². The standard InChI is InChI=1S/C21H29N3O5/c1-29-20(26)17-12-16(13-18(14-17)24(27)28)19(25)22-15-21(8-4-2-5-9-21)23-10-6-3-7-11-23/h12-14H,2-11,15H2,1H3,(H,22,25). The molecule has 2 aliphatic rings. The maximum atomic E-state index is 12.8. The molecule has 1 aromatic rings. The molecule has 1 amide bonds. The molecule has 0 spiro atoms. The summed E-state index contributed by atoms with van der Waals surface area (Å²) in [7, 11) is 1.20. The van der Waals surface area contributed by atoms with Crippen molar-refractivity contribution in [3.8, 4) is 0 Å². The Labute approximate surface area is 170 Å². The van der Waals surface area contributed by atoms with Crippen molar-refractivity contribution in [3.05, 3.63) is 39.4 Å². The lowest BCUT2D eigenvalue weighted by Crippen LogP contribution is -2.58. The van der Waals surface area contributed by atoms with E-state index in [0.717, 1.165) is 44.8 Å². The molecule has 0 radical (unpaired) electrons. The minimum Gasteiger partial charge on any atom is -0.465 e. The highest BCUT2D eigenvalue weighted by Gasteiger charge is 2.38. The number of carbonyl (C=O) groups is 2. The number of piperidine rings is 1. The van der Waals surface area contributed by atoms with Gasteiger partial charge in [0.2, 0.25) is 0 Å². The fraction of sp³-hybridized carbons (Fsp3) is 0.619. The molecule has 1 aromatic carbocycles. The number of nitro groups is 1. The molecule has 1 N–H and O–H groups in total. The van der Waals surface area contributed by atoms with Gasteiger partial charge in [-0.1, -0.05) is 25.7 Å². The Morgan fingerprint density at radius 1 is 1.07 bits per heavy atom. The number of nitrogens with one attached hydrogen (secondary N) is 1. The largest absolute Gasteiger partial charge is 0.465 e. The third-order valence-electron chi connectivity index (χ3n) is 6.20. The van der Waals surface area contributed by atoms with Crippen LogP contribution in [-0.4, -0.2) is 54.0 Å². The highest BCUT2D eigenvalue weighted by Crippen LogP contribution is 2.35. The molecule has 158 valence electrons. The second-order valence-corrected chi connectivity index (χ2v) is 8.03. The molecular formula is C21H29N3O5. The summed E-state index contributed by atoms with van der Waals surface area (Å²) < 4.78 is 4.66. The van der Waals surface area contributed by atoms with Gasteiger partial charge in [-0.25, -0.2) is 4.79 Å². The number of non-ortho nitro benzene ring substituents is 1. The fourth-order valence-electron chi connectivity index (χ4n) is 4.61. The number of nitro benzene ring substituents is 1. The lowest BCUT2D eigenvalue weighted by Gasteiger charge is -2.48. The lowest BCUT2D eigenvalue weighted by molar-refractivity contribution is -0.384. The molecule has 1 saturated carbocycles. The average molecular weight is 403 g/mol. The first-order chi connectivity index (χ1) is 13.9. The Morgan fingerprint density at radius 2 is 1.69 bits per heavy atom. The van der Waals surface area contributed by atoms with Gasteiger partial charge in [-0.2, -0.15) is 0 Å². The van der Waals surface area contributed by atoms with Gasteiger partial charge < -0.3 is 10.1 Å². The van der Waals surface area contributed by atoms with Crippen molar-refractivity contribution < 1.29 is 19.2 Å². The molecule has 0 aromatic heterocycles. The number of hydrogen-bond acceptors (Lipinski definition) is 6. The summed E-state index contributed by atoms with van der Waals surface area (Å²) in [5.74, 6) is -1.11. The third-order valence-corrected chi connectivity index (χ3v) is 6.20. The van der Waals surface area contributed by atoms with E-state index in [1.165, 1.54) is 44.9 Å². The summed E-state index contributed by atoms with van der Waals surface area (Å²) in [6, 6.07) is 3.68. The predicted octanol–water partition coefficient (Wildman–Crippen LogP) is 3.30. The maximum Gasteiger partial charge on any atom is 0.338 e. The molecule has 29 heavy (non-hydrogen) atoms. The number of hydrogen-bond donors (Lipinski definition) is 1. The Hall–Kier alpha value is -2.48. The van der Waals surface area contributed by atoms with E-state index in [-0.39, 0.29) is 22.4 Å². The molecule has 1 heterocycles. The average Bonchev–Trinajstić information content (AvgIpc) is 2.77. The quantitative estimate of drug-likeness (QED) is 0.444. The van der Waals surface area contributed by atoms with Crippen LogP contribution < -0.4 is 5.32 Å². The van der Waals surface area contributed by atoms with Gasteiger partial charge in [0.15, 0.2) is 0 Å². The minimum absolute atomic E-state index is 0.00439. The van der Waals surface area contributed by atoms with Crippen molar-refractivity contribution in [3.63, 3.8) is 0 Å². The van der Waals surface area contributed by atoms with Gasteiger partial charge in [0.25, 0.3) is 11.6 Å². The van der Waals surface area contributed by atoms with Crippen LogP contribution in [0.5, 0.6) is 0 Å². The molecule has 2 fully saturated rings. The summed E-state index contributed by atoms with van der Waals surface area (Å²) in [5, 5.41) is 14.2. The van der Waals surface area contributed by atoms with E-state index in [1.54, 1.807) is 0 Å². The van der Waals surface area contributed by atoms with Crippen LogP contribution in [0.4, 0.5) is 5.69 Å². The summed E-state index contributed by atoms with van der Waals surface area (Å²) in [6.07, 6.45) is 9.24. The zero-order valence-electron chi connectivity index (χ0n) is 16.9.